The van der Waals surface area contributed by atoms with E-state index in [2.05, 4.69) is 9.88 Å². The Morgan fingerprint density at radius 3 is 2.56 bits per heavy atom. The molecule has 0 radical (unpaired) electrons. The van der Waals surface area contributed by atoms with Crippen LogP contribution in [0.2, 0.25) is 5.02 Å². The minimum Gasteiger partial charge on any atom is -0.409 e. The molecule has 4 N–H and O–H groups in total. The second kappa shape index (κ2) is 6.03. The maximum atomic E-state index is 11.9. The number of nitrogens with two attached hydrogens (primary N) is 1. The highest BCUT2D eigenvalue weighted by Crippen LogP contribution is 2.13. The van der Waals surface area contributed by atoms with Gasteiger partial charge in [-0.2, -0.15) is 0 Å². The lowest BCUT2D eigenvalue weighted by Gasteiger charge is -2.11. The van der Waals surface area contributed by atoms with Gasteiger partial charge in [-0.3, -0.25) is 0 Å². The lowest BCUT2D eigenvalue weighted by molar-refractivity contribution is 0.314. The van der Waals surface area contributed by atoms with Crippen LogP contribution < -0.4 is 10.5 Å². The van der Waals surface area contributed by atoms with Crippen LogP contribution in [0.15, 0.2) is 34.3 Å². The van der Waals surface area contributed by atoms with Crippen molar-refractivity contribution in [3.05, 3.63) is 29.3 Å². The number of oxime groups is 1. The van der Waals surface area contributed by atoms with Crippen LogP contribution in [0.3, 0.4) is 0 Å². The highest BCUT2D eigenvalue weighted by molar-refractivity contribution is 7.89. The summed E-state index contributed by atoms with van der Waals surface area (Å²) in [7, 11) is -3.61. The van der Waals surface area contributed by atoms with Gasteiger partial charge in [0.25, 0.3) is 0 Å². The Balaban J connectivity index is 2.74. The fourth-order valence-electron chi connectivity index (χ4n) is 1.13. The molecule has 0 saturated heterocycles. The molecule has 0 aliphatic rings. The second-order valence-corrected chi connectivity index (χ2v) is 5.94. The molecule has 0 saturated carbocycles. The molecule has 0 bridgehead atoms. The molecule has 0 aliphatic carbocycles. The van der Waals surface area contributed by atoms with Gasteiger partial charge in [0.2, 0.25) is 10.0 Å². The SMILES string of the molecule is CC(CNS(=O)(=O)c1ccc(Cl)cc1)/C(N)=N/O. The van der Waals surface area contributed by atoms with E-state index in [-0.39, 0.29) is 17.3 Å². The van der Waals surface area contributed by atoms with E-state index >= 15 is 0 Å². The van der Waals surface area contributed by atoms with Crippen molar-refractivity contribution in [2.45, 2.75) is 11.8 Å². The third kappa shape index (κ3) is 3.86. The fraction of sp³-hybridized carbons (Fsp3) is 0.300. The van der Waals surface area contributed by atoms with E-state index in [0.29, 0.717) is 5.02 Å². The van der Waals surface area contributed by atoms with Crippen molar-refractivity contribution < 1.29 is 13.6 Å². The summed E-state index contributed by atoms with van der Waals surface area (Å²) in [6.45, 7) is 1.68. The second-order valence-electron chi connectivity index (χ2n) is 3.73. The van der Waals surface area contributed by atoms with E-state index in [1.54, 1.807) is 6.92 Å². The van der Waals surface area contributed by atoms with Crippen LogP contribution in [0.25, 0.3) is 0 Å². The summed E-state index contributed by atoms with van der Waals surface area (Å²) in [5, 5.41) is 11.7. The molecule has 0 fully saturated rings. The average Bonchev–Trinajstić information content (AvgIpc) is 2.35. The van der Waals surface area contributed by atoms with Crippen molar-refractivity contribution >= 4 is 27.5 Å². The Hall–Kier alpha value is -1.31. The third-order valence-electron chi connectivity index (χ3n) is 2.32. The van der Waals surface area contributed by atoms with Crippen LogP contribution in [0.1, 0.15) is 6.92 Å². The summed E-state index contributed by atoms with van der Waals surface area (Å²) in [5.41, 5.74) is 5.35. The van der Waals surface area contributed by atoms with Crippen LogP contribution in [0.4, 0.5) is 0 Å². The molecule has 6 nitrogen and oxygen atoms in total. The van der Waals surface area contributed by atoms with Gasteiger partial charge in [0.1, 0.15) is 5.84 Å². The number of hydrogen-bond donors (Lipinski definition) is 3. The molecule has 1 aromatic rings. The summed E-state index contributed by atoms with van der Waals surface area (Å²) < 4.78 is 26.1. The number of nitrogens with one attached hydrogen (secondary N) is 1. The zero-order chi connectivity index (χ0) is 13.8. The van der Waals surface area contributed by atoms with Gasteiger partial charge in [-0.15, -0.1) is 0 Å². The maximum absolute atomic E-state index is 11.9. The van der Waals surface area contributed by atoms with Crippen LogP contribution in [-0.2, 0) is 10.0 Å². The van der Waals surface area contributed by atoms with Gasteiger partial charge < -0.3 is 10.9 Å². The first-order valence-electron chi connectivity index (χ1n) is 5.09. The molecular weight excluding hydrogens is 278 g/mol. The molecule has 0 amide bonds. The molecule has 1 aromatic carbocycles. The average molecular weight is 292 g/mol. The Morgan fingerprint density at radius 2 is 2.06 bits per heavy atom. The Kier molecular flexibility index (Phi) is 4.94. The molecular formula is C10H14ClN3O3S. The van der Waals surface area contributed by atoms with Crippen LogP contribution in [-0.4, -0.2) is 26.0 Å². The Bertz CT molecular complexity index is 528. The first kappa shape index (κ1) is 14.7. The molecule has 18 heavy (non-hydrogen) atoms. The van der Waals surface area contributed by atoms with Gasteiger partial charge in [-0.25, -0.2) is 13.1 Å². The summed E-state index contributed by atoms with van der Waals surface area (Å²) in [6.07, 6.45) is 0. The molecule has 0 aliphatic heterocycles. The van der Waals surface area contributed by atoms with E-state index in [9.17, 15) is 8.42 Å². The van der Waals surface area contributed by atoms with Crippen molar-refractivity contribution in [2.75, 3.05) is 6.54 Å². The van der Waals surface area contributed by atoms with Gasteiger partial charge >= 0.3 is 0 Å². The van der Waals surface area contributed by atoms with Crippen molar-refractivity contribution in [1.29, 1.82) is 0 Å². The summed E-state index contributed by atoms with van der Waals surface area (Å²) in [4.78, 5) is 0.110. The maximum Gasteiger partial charge on any atom is 0.240 e. The standard InChI is InChI=1S/C10H14ClN3O3S/c1-7(10(12)14-15)6-13-18(16,17)9-4-2-8(11)3-5-9/h2-5,7,13,15H,6H2,1H3,(H2,12,14). The van der Waals surface area contributed by atoms with Crippen molar-refractivity contribution in [2.24, 2.45) is 16.8 Å². The van der Waals surface area contributed by atoms with Crippen molar-refractivity contribution in [3.63, 3.8) is 0 Å². The van der Waals surface area contributed by atoms with Crippen molar-refractivity contribution in [3.8, 4) is 0 Å². The van der Waals surface area contributed by atoms with Crippen LogP contribution >= 0.6 is 11.6 Å². The van der Waals surface area contributed by atoms with E-state index < -0.39 is 15.9 Å². The van der Waals surface area contributed by atoms with E-state index in [0.717, 1.165) is 0 Å². The zero-order valence-electron chi connectivity index (χ0n) is 9.67. The van der Waals surface area contributed by atoms with E-state index in [4.69, 9.17) is 22.5 Å². The number of benzene rings is 1. The molecule has 1 atom stereocenters. The molecule has 100 valence electrons. The predicted molar refractivity (Wildman–Crippen MR) is 69.2 cm³/mol. The number of nitrogens with zero attached hydrogens (tertiary/aromatic N) is 1. The first-order chi connectivity index (χ1) is 8.36. The van der Waals surface area contributed by atoms with Gasteiger partial charge in [-0.05, 0) is 24.3 Å². The number of amidine groups is 1. The zero-order valence-corrected chi connectivity index (χ0v) is 11.2. The Labute approximate surface area is 110 Å². The number of rotatable bonds is 5. The monoisotopic (exact) mass is 291 g/mol. The van der Waals surface area contributed by atoms with Crippen molar-refractivity contribution in [1.82, 2.24) is 4.72 Å². The van der Waals surface area contributed by atoms with Gasteiger partial charge in [0.15, 0.2) is 0 Å². The van der Waals surface area contributed by atoms with Crippen LogP contribution in [0, 0.1) is 5.92 Å². The fourth-order valence-corrected chi connectivity index (χ4v) is 2.39. The molecule has 0 aromatic heterocycles. The number of hydrogen-bond acceptors (Lipinski definition) is 4. The third-order valence-corrected chi connectivity index (χ3v) is 4.02. The highest BCUT2D eigenvalue weighted by Gasteiger charge is 2.16. The van der Waals surface area contributed by atoms with E-state index in [1.807, 2.05) is 0 Å². The predicted octanol–water partition coefficient (Wildman–Crippen LogP) is 1.00. The molecule has 1 rings (SSSR count). The summed E-state index contributed by atoms with van der Waals surface area (Å²) in [5.74, 6) is -0.439. The van der Waals surface area contributed by atoms with Crippen LogP contribution in [0.5, 0.6) is 0 Å². The Morgan fingerprint density at radius 1 is 1.50 bits per heavy atom. The quantitative estimate of drug-likeness (QED) is 0.326. The molecule has 8 heteroatoms. The van der Waals surface area contributed by atoms with E-state index in [1.165, 1.54) is 24.3 Å². The number of halogens is 1. The van der Waals surface area contributed by atoms with Gasteiger partial charge in [-0.1, -0.05) is 23.7 Å². The highest BCUT2D eigenvalue weighted by atomic mass is 35.5. The first-order valence-corrected chi connectivity index (χ1v) is 6.95. The lowest BCUT2D eigenvalue weighted by atomic mass is 10.2. The van der Waals surface area contributed by atoms with Gasteiger partial charge in [0.05, 0.1) is 4.90 Å². The summed E-state index contributed by atoms with van der Waals surface area (Å²) >= 11 is 5.67. The molecule has 0 heterocycles. The number of sulfonamides is 1. The normalized spacial score (nSPS) is 14.4. The largest absolute Gasteiger partial charge is 0.409 e. The topological polar surface area (TPSA) is 105 Å². The minimum absolute atomic E-state index is 0.0335. The smallest absolute Gasteiger partial charge is 0.240 e. The molecule has 0 spiro atoms. The lowest BCUT2D eigenvalue weighted by Crippen LogP contribution is -2.34. The summed E-state index contributed by atoms with van der Waals surface area (Å²) in [6, 6.07) is 5.78. The van der Waals surface area contributed by atoms with Gasteiger partial charge in [0, 0.05) is 17.5 Å². The molecule has 1 unspecified atom stereocenters. The minimum atomic E-state index is -3.61.